The Morgan fingerprint density at radius 3 is 2.11 bits per heavy atom. The van der Waals surface area contributed by atoms with E-state index in [-0.39, 0.29) is 0 Å². The summed E-state index contributed by atoms with van der Waals surface area (Å²) in [5, 5.41) is 0. The van der Waals surface area contributed by atoms with Gasteiger partial charge in [-0.05, 0) is 61.8 Å². The van der Waals surface area contributed by atoms with E-state index in [9.17, 15) is 0 Å². The van der Waals surface area contributed by atoms with E-state index in [1.54, 1.807) is 7.11 Å². The third kappa shape index (κ3) is 4.29. The van der Waals surface area contributed by atoms with Crippen LogP contribution in [0.5, 0.6) is 5.75 Å². The third-order valence-corrected chi connectivity index (χ3v) is 4.20. The zero-order chi connectivity index (χ0) is 12.8. The lowest BCUT2D eigenvalue weighted by molar-refractivity contribution is 0.106. The van der Waals surface area contributed by atoms with Gasteiger partial charge in [-0.1, -0.05) is 15.9 Å². The highest BCUT2D eigenvalue weighted by Crippen LogP contribution is 2.29. The maximum absolute atomic E-state index is 5.84. The lowest BCUT2D eigenvalue weighted by Crippen LogP contribution is -2.22. The number of methoxy groups -OCH3 is 1. The average molecular weight is 313 g/mol. The van der Waals surface area contributed by atoms with E-state index in [1.807, 2.05) is 24.3 Å². The van der Waals surface area contributed by atoms with Crippen LogP contribution in [-0.2, 0) is 4.74 Å². The molecule has 18 heavy (non-hydrogen) atoms. The van der Waals surface area contributed by atoms with Crippen LogP contribution in [-0.4, -0.2) is 20.3 Å². The monoisotopic (exact) mass is 312 g/mol. The Kier molecular flexibility index (Phi) is 5.51. The quantitative estimate of drug-likeness (QED) is 0.808. The van der Waals surface area contributed by atoms with Crippen molar-refractivity contribution in [2.45, 2.75) is 25.7 Å². The largest absolute Gasteiger partial charge is 0.493 e. The number of benzene rings is 1. The van der Waals surface area contributed by atoms with Gasteiger partial charge in [-0.25, -0.2) is 0 Å². The van der Waals surface area contributed by atoms with E-state index in [0.29, 0.717) is 5.92 Å². The molecular formula is C15H21BrO2. The number of ether oxygens (including phenoxy) is 2. The van der Waals surface area contributed by atoms with Crippen LogP contribution in [0.3, 0.4) is 0 Å². The summed E-state index contributed by atoms with van der Waals surface area (Å²) in [6.45, 7) is 1.77. The van der Waals surface area contributed by atoms with Crippen LogP contribution in [0.4, 0.5) is 0 Å². The van der Waals surface area contributed by atoms with Gasteiger partial charge in [-0.2, -0.15) is 0 Å². The van der Waals surface area contributed by atoms with Gasteiger partial charge in [0.15, 0.2) is 0 Å². The predicted molar refractivity (Wildman–Crippen MR) is 77.0 cm³/mol. The molecule has 1 saturated carbocycles. The van der Waals surface area contributed by atoms with Crippen LogP contribution < -0.4 is 4.74 Å². The summed E-state index contributed by atoms with van der Waals surface area (Å²) in [7, 11) is 1.79. The first-order chi connectivity index (χ1) is 8.78. The fourth-order valence-corrected chi connectivity index (χ4v) is 2.81. The van der Waals surface area contributed by atoms with Gasteiger partial charge in [-0.15, -0.1) is 0 Å². The zero-order valence-electron chi connectivity index (χ0n) is 10.9. The smallest absolute Gasteiger partial charge is 0.119 e. The van der Waals surface area contributed by atoms with E-state index in [1.165, 1.54) is 25.7 Å². The Balaban J connectivity index is 1.70. The van der Waals surface area contributed by atoms with E-state index < -0.39 is 0 Å². The van der Waals surface area contributed by atoms with Gasteiger partial charge in [0, 0.05) is 18.2 Å². The predicted octanol–water partition coefficient (Wildman–Crippen LogP) is 4.28. The summed E-state index contributed by atoms with van der Waals surface area (Å²) in [4.78, 5) is 0. The minimum Gasteiger partial charge on any atom is -0.493 e. The fourth-order valence-electron chi connectivity index (χ4n) is 2.55. The molecule has 1 aromatic carbocycles. The Hall–Kier alpha value is -0.540. The van der Waals surface area contributed by atoms with Gasteiger partial charge in [-0.3, -0.25) is 0 Å². The molecule has 0 atom stereocenters. The Morgan fingerprint density at radius 2 is 1.56 bits per heavy atom. The van der Waals surface area contributed by atoms with E-state index in [2.05, 4.69) is 15.9 Å². The number of rotatable bonds is 5. The van der Waals surface area contributed by atoms with Gasteiger partial charge in [0.05, 0.1) is 6.61 Å². The van der Waals surface area contributed by atoms with Gasteiger partial charge in [0.25, 0.3) is 0 Å². The van der Waals surface area contributed by atoms with Crippen molar-refractivity contribution < 1.29 is 9.47 Å². The molecule has 0 bridgehead atoms. The highest BCUT2D eigenvalue weighted by molar-refractivity contribution is 9.10. The summed E-state index contributed by atoms with van der Waals surface area (Å²) < 4.78 is 12.2. The molecule has 1 aliphatic carbocycles. The summed E-state index contributed by atoms with van der Waals surface area (Å²) in [6, 6.07) is 8.07. The fraction of sp³-hybridized carbons (Fsp3) is 0.600. The third-order valence-electron chi connectivity index (χ3n) is 3.67. The second kappa shape index (κ2) is 7.15. The van der Waals surface area contributed by atoms with Crippen LogP contribution in [0.15, 0.2) is 28.7 Å². The molecule has 0 amide bonds. The van der Waals surface area contributed by atoms with Crippen molar-refractivity contribution in [2.24, 2.45) is 11.8 Å². The van der Waals surface area contributed by atoms with Crippen molar-refractivity contribution in [3.05, 3.63) is 28.7 Å². The molecule has 0 aliphatic heterocycles. The molecule has 1 fully saturated rings. The van der Waals surface area contributed by atoms with E-state index in [4.69, 9.17) is 9.47 Å². The average Bonchev–Trinajstić information content (AvgIpc) is 2.40. The molecule has 0 heterocycles. The second-order valence-electron chi connectivity index (χ2n) is 5.11. The first-order valence-electron chi connectivity index (χ1n) is 6.65. The molecule has 2 nitrogen and oxygen atoms in total. The molecule has 0 N–H and O–H groups in total. The summed E-state index contributed by atoms with van der Waals surface area (Å²) >= 11 is 3.43. The molecule has 2 rings (SSSR count). The molecule has 0 saturated heterocycles. The molecule has 0 radical (unpaired) electrons. The standard InChI is InChI=1S/C15H21BrO2/c1-17-10-12-2-4-13(5-3-12)11-18-15-8-6-14(16)7-9-15/h6-9,12-13H,2-5,10-11H2,1H3/t12-,13-. The minimum atomic E-state index is 0.710. The molecule has 1 aliphatic rings. The lowest BCUT2D eigenvalue weighted by atomic mass is 9.83. The topological polar surface area (TPSA) is 18.5 Å². The Bertz CT molecular complexity index is 342. The SMILES string of the molecule is COC[C@H]1CC[C@H](COc2ccc(Br)cc2)CC1. The van der Waals surface area contributed by atoms with Gasteiger partial charge >= 0.3 is 0 Å². The van der Waals surface area contributed by atoms with Crippen LogP contribution in [0.1, 0.15) is 25.7 Å². The molecule has 0 aromatic heterocycles. The summed E-state index contributed by atoms with van der Waals surface area (Å²) in [5.74, 6) is 2.44. The Morgan fingerprint density at radius 1 is 1.00 bits per heavy atom. The summed E-state index contributed by atoms with van der Waals surface area (Å²) in [6.07, 6.45) is 5.10. The maximum atomic E-state index is 5.84. The van der Waals surface area contributed by atoms with Crippen LogP contribution >= 0.6 is 15.9 Å². The minimum absolute atomic E-state index is 0.710. The van der Waals surface area contributed by atoms with Crippen molar-refractivity contribution in [2.75, 3.05) is 20.3 Å². The van der Waals surface area contributed by atoms with Crippen molar-refractivity contribution in [1.29, 1.82) is 0 Å². The van der Waals surface area contributed by atoms with Crippen LogP contribution in [0.25, 0.3) is 0 Å². The molecule has 3 heteroatoms. The normalized spacial score (nSPS) is 23.9. The van der Waals surface area contributed by atoms with E-state index >= 15 is 0 Å². The molecular weight excluding hydrogens is 292 g/mol. The second-order valence-corrected chi connectivity index (χ2v) is 6.02. The molecule has 0 unspecified atom stereocenters. The number of halogens is 1. The number of hydrogen-bond donors (Lipinski definition) is 0. The first-order valence-corrected chi connectivity index (χ1v) is 7.44. The van der Waals surface area contributed by atoms with Crippen molar-refractivity contribution in [3.8, 4) is 5.75 Å². The van der Waals surface area contributed by atoms with E-state index in [0.717, 1.165) is 29.4 Å². The highest BCUT2D eigenvalue weighted by Gasteiger charge is 2.21. The van der Waals surface area contributed by atoms with Gasteiger partial charge < -0.3 is 9.47 Å². The Labute approximate surface area is 118 Å². The molecule has 100 valence electrons. The van der Waals surface area contributed by atoms with Crippen molar-refractivity contribution in [3.63, 3.8) is 0 Å². The first kappa shape index (κ1) is 13.9. The van der Waals surface area contributed by atoms with Gasteiger partial charge in [0.2, 0.25) is 0 Å². The van der Waals surface area contributed by atoms with Crippen molar-refractivity contribution in [1.82, 2.24) is 0 Å². The zero-order valence-corrected chi connectivity index (χ0v) is 12.5. The van der Waals surface area contributed by atoms with Crippen LogP contribution in [0.2, 0.25) is 0 Å². The highest BCUT2D eigenvalue weighted by atomic mass is 79.9. The van der Waals surface area contributed by atoms with Gasteiger partial charge in [0.1, 0.15) is 5.75 Å². The summed E-state index contributed by atoms with van der Waals surface area (Å²) in [5.41, 5.74) is 0. The molecule has 1 aromatic rings. The number of hydrogen-bond acceptors (Lipinski definition) is 2. The van der Waals surface area contributed by atoms with Crippen molar-refractivity contribution >= 4 is 15.9 Å². The van der Waals surface area contributed by atoms with Crippen LogP contribution in [0, 0.1) is 11.8 Å². The lowest BCUT2D eigenvalue weighted by Gasteiger charge is -2.27. The maximum Gasteiger partial charge on any atom is 0.119 e. The molecule has 0 spiro atoms.